The highest BCUT2D eigenvalue weighted by Gasteiger charge is 2.17. The molecule has 0 saturated carbocycles. The van der Waals surface area contributed by atoms with Crippen LogP contribution in [0.25, 0.3) is 0 Å². The van der Waals surface area contributed by atoms with Crippen LogP contribution in [0.3, 0.4) is 0 Å². The quantitative estimate of drug-likeness (QED) is 0.525. The Kier molecular flexibility index (Phi) is 7.27. The molecule has 15 heavy (non-hydrogen) atoms. The molecule has 86 valence electrons. The summed E-state index contributed by atoms with van der Waals surface area (Å²) in [6, 6.07) is -0.613. The molecular formula is C10H18N2O3. The number of aliphatic hydroxyl groups is 1. The first-order valence-electron chi connectivity index (χ1n) is 4.92. The number of carbonyl (C=O) groups is 2. The van der Waals surface area contributed by atoms with Gasteiger partial charge in [0, 0.05) is 7.05 Å². The Morgan fingerprint density at radius 2 is 2.07 bits per heavy atom. The Labute approximate surface area is 89.6 Å². The van der Waals surface area contributed by atoms with Gasteiger partial charge < -0.3 is 15.7 Å². The van der Waals surface area contributed by atoms with Gasteiger partial charge in [0.15, 0.2) is 0 Å². The second-order valence-corrected chi connectivity index (χ2v) is 3.01. The van der Waals surface area contributed by atoms with Gasteiger partial charge in [0.2, 0.25) is 11.8 Å². The highest BCUT2D eigenvalue weighted by Crippen LogP contribution is 1.95. The highest BCUT2D eigenvalue weighted by atomic mass is 16.3. The maximum atomic E-state index is 11.3. The predicted octanol–water partition coefficient (Wildman–Crippen LogP) is -0.434. The lowest BCUT2D eigenvalue weighted by Gasteiger charge is -2.14. The van der Waals surface area contributed by atoms with Crippen molar-refractivity contribution in [1.29, 1.82) is 0 Å². The minimum absolute atomic E-state index is 0.266. The molecule has 0 aliphatic rings. The van der Waals surface area contributed by atoms with Gasteiger partial charge in [-0.3, -0.25) is 9.59 Å². The molecule has 5 heteroatoms. The van der Waals surface area contributed by atoms with Gasteiger partial charge in [-0.2, -0.15) is 0 Å². The molecule has 0 bridgehead atoms. The summed E-state index contributed by atoms with van der Waals surface area (Å²) in [6.45, 7) is 1.38. The molecule has 3 N–H and O–H groups in total. The fourth-order valence-electron chi connectivity index (χ4n) is 1.04. The Morgan fingerprint density at radius 1 is 1.40 bits per heavy atom. The molecule has 0 unspecified atom stereocenters. The molecule has 1 atom stereocenters. The van der Waals surface area contributed by atoms with E-state index in [0.717, 1.165) is 6.42 Å². The summed E-state index contributed by atoms with van der Waals surface area (Å²) in [6.07, 6.45) is 5.06. The lowest BCUT2D eigenvalue weighted by Crippen LogP contribution is -2.46. The molecule has 0 fully saturated rings. The highest BCUT2D eigenvalue weighted by molar-refractivity contribution is 5.87. The predicted molar refractivity (Wildman–Crippen MR) is 57.1 cm³/mol. The minimum atomic E-state index is -0.613. The van der Waals surface area contributed by atoms with Crippen molar-refractivity contribution in [2.24, 2.45) is 0 Å². The Bertz CT molecular complexity index is 239. The SMILES string of the molecule is CC/C=C/C[C@H](NC(=O)CO)C(=O)NC. The van der Waals surface area contributed by atoms with Gasteiger partial charge in [-0.05, 0) is 12.8 Å². The van der Waals surface area contributed by atoms with Crippen LogP contribution in [0.15, 0.2) is 12.2 Å². The van der Waals surface area contributed by atoms with E-state index in [1.54, 1.807) is 0 Å². The average Bonchev–Trinajstić information content (AvgIpc) is 2.26. The standard InChI is InChI=1S/C10H18N2O3/c1-3-4-5-6-8(10(15)11-2)12-9(14)7-13/h4-5,8,13H,3,6-7H2,1-2H3,(H,11,15)(H,12,14)/b5-4+/t8-/m0/s1. The Hall–Kier alpha value is -1.36. The van der Waals surface area contributed by atoms with E-state index in [1.807, 2.05) is 19.1 Å². The zero-order chi connectivity index (χ0) is 11.7. The third kappa shape index (κ3) is 5.85. The van der Waals surface area contributed by atoms with Crippen LogP contribution in [0, 0.1) is 0 Å². The monoisotopic (exact) mass is 214 g/mol. The van der Waals surface area contributed by atoms with E-state index in [2.05, 4.69) is 10.6 Å². The topological polar surface area (TPSA) is 78.4 Å². The van der Waals surface area contributed by atoms with Crippen molar-refractivity contribution in [3.05, 3.63) is 12.2 Å². The van der Waals surface area contributed by atoms with Crippen molar-refractivity contribution < 1.29 is 14.7 Å². The van der Waals surface area contributed by atoms with Gasteiger partial charge in [-0.1, -0.05) is 19.1 Å². The number of amides is 2. The molecule has 0 heterocycles. The van der Waals surface area contributed by atoms with Crippen LogP contribution in [-0.2, 0) is 9.59 Å². The molecule has 0 aromatic carbocycles. The van der Waals surface area contributed by atoms with Gasteiger partial charge in [0.1, 0.15) is 12.6 Å². The second-order valence-electron chi connectivity index (χ2n) is 3.01. The second kappa shape index (κ2) is 7.99. The maximum absolute atomic E-state index is 11.3. The molecule has 0 saturated heterocycles. The molecule has 0 aromatic heterocycles. The number of aliphatic hydroxyl groups excluding tert-OH is 1. The van der Waals surface area contributed by atoms with Crippen molar-refractivity contribution >= 4 is 11.8 Å². The fraction of sp³-hybridized carbons (Fsp3) is 0.600. The molecule has 0 radical (unpaired) electrons. The summed E-state index contributed by atoms with van der Waals surface area (Å²) in [7, 11) is 1.50. The molecule has 0 aliphatic heterocycles. The number of nitrogens with one attached hydrogen (secondary N) is 2. The summed E-state index contributed by atoms with van der Waals surface area (Å²) >= 11 is 0. The summed E-state index contributed by atoms with van der Waals surface area (Å²) in [5.74, 6) is -0.814. The first-order chi connectivity index (χ1) is 7.15. The molecule has 0 rings (SSSR count). The summed E-state index contributed by atoms with van der Waals surface area (Å²) in [5.41, 5.74) is 0. The number of rotatable bonds is 6. The molecular weight excluding hydrogens is 196 g/mol. The minimum Gasteiger partial charge on any atom is -0.387 e. The number of hydrogen-bond donors (Lipinski definition) is 3. The van der Waals surface area contributed by atoms with E-state index < -0.39 is 18.6 Å². The fourth-order valence-corrected chi connectivity index (χ4v) is 1.04. The lowest BCUT2D eigenvalue weighted by atomic mass is 10.1. The lowest BCUT2D eigenvalue weighted by molar-refractivity contribution is -0.130. The maximum Gasteiger partial charge on any atom is 0.246 e. The molecule has 5 nitrogen and oxygen atoms in total. The van der Waals surface area contributed by atoms with Crippen LogP contribution >= 0.6 is 0 Å². The van der Waals surface area contributed by atoms with Crippen LogP contribution in [-0.4, -0.2) is 36.6 Å². The van der Waals surface area contributed by atoms with Crippen molar-refractivity contribution in [3.8, 4) is 0 Å². The molecule has 0 spiro atoms. The van der Waals surface area contributed by atoms with E-state index in [-0.39, 0.29) is 5.91 Å². The van der Waals surface area contributed by atoms with E-state index in [4.69, 9.17) is 5.11 Å². The first-order valence-corrected chi connectivity index (χ1v) is 4.92. The van der Waals surface area contributed by atoms with Gasteiger partial charge >= 0.3 is 0 Å². The first kappa shape index (κ1) is 13.6. The van der Waals surface area contributed by atoms with Crippen LogP contribution < -0.4 is 10.6 Å². The Morgan fingerprint density at radius 3 is 2.53 bits per heavy atom. The third-order valence-electron chi connectivity index (χ3n) is 1.82. The van der Waals surface area contributed by atoms with E-state index in [1.165, 1.54) is 7.05 Å². The smallest absolute Gasteiger partial charge is 0.246 e. The molecule has 0 aliphatic carbocycles. The normalized spacial score (nSPS) is 12.5. The Balaban J connectivity index is 4.24. The number of allylic oxidation sites excluding steroid dienone is 1. The largest absolute Gasteiger partial charge is 0.387 e. The van der Waals surface area contributed by atoms with Crippen molar-refractivity contribution in [2.45, 2.75) is 25.8 Å². The number of hydrogen-bond acceptors (Lipinski definition) is 3. The summed E-state index contributed by atoms with van der Waals surface area (Å²) in [4.78, 5) is 22.2. The van der Waals surface area contributed by atoms with E-state index in [9.17, 15) is 9.59 Å². The van der Waals surface area contributed by atoms with E-state index in [0.29, 0.717) is 6.42 Å². The van der Waals surface area contributed by atoms with Crippen molar-refractivity contribution in [3.63, 3.8) is 0 Å². The van der Waals surface area contributed by atoms with Crippen molar-refractivity contribution in [2.75, 3.05) is 13.7 Å². The van der Waals surface area contributed by atoms with Crippen LogP contribution in [0.1, 0.15) is 19.8 Å². The molecule has 2 amide bonds. The van der Waals surface area contributed by atoms with Crippen LogP contribution in [0.4, 0.5) is 0 Å². The van der Waals surface area contributed by atoms with Gasteiger partial charge in [-0.15, -0.1) is 0 Å². The third-order valence-corrected chi connectivity index (χ3v) is 1.82. The van der Waals surface area contributed by atoms with Crippen LogP contribution in [0.2, 0.25) is 0 Å². The van der Waals surface area contributed by atoms with Gasteiger partial charge in [0.25, 0.3) is 0 Å². The van der Waals surface area contributed by atoms with Crippen molar-refractivity contribution in [1.82, 2.24) is 10.6 Å². The summed E-state index contributed by atoms with van der Waals surface area (Å²) in [5, 5.41) is 13.4. The number of carbonyl (C=O) groups excluding carboxylic acids is 2. The van der Waals surface area contributed by atoms with Gasteiger partial charge in [-0.25, -0.2) is 0 Å². The van der Waals surface area contributed by atoms with Gasteiger partial charge in [0.05, 0.1) is 0 Å². The zero-order valence-corrected chi connectivity index (χ0v) is 9.12. The van der Waals surface area contributed by atoms with E-state index >= 15 is 0 Å². The number of likely N-dealkylation sites (N-methyl/N-ethyl adjacent to an activating group) is 1. The summed E-state index contributed by atoms with van der Waals surface area (Å²) < 4.78 is 0. The zero-order valence-electron chi connectivity index (χ0n) is 9.12. The molecule has 0 aromatic rings. The average molecular weight is 214 g/mol. The van der Waals surface area contributed by atoms with Crippen LogP contribution in [0.5, 0.6) is 0 Å².